The molecular formula is C16H14BF3NO4-. The van der Waals surface area contributed by atoms with Crippen molar-refractivity contribution in [2.45, 2.75) is 0 Å². The molecule has 0 aromatic heterocycles. The third-order valence-corrected chi connectivity index (χ3v) is 3.15. The summed E-state index contributed by atoms with van der Waals surface area (Å²) in [7, 11) is 1.06. The number of amides is 1. The predicted octanol–water partition coefficient (Wildman–Crippen LogP) is 2.55. The zero-order valence-electron chi connectivity index (χ0n) is 13.2. The molecule has 0 aliphatic carbocycles. The van der Waals surface area contributed by atoms with E-state index in [0.29, 0.717) is 11.8 Å². The lowest BCUT2D eigenvalue weighted by atomic mass is 9.79. The van der Waals surface area contributed by atoms with Gasteiger partial charge >= 0.3 is 12.9 Å². The van der Waals surface area contributed by atoms with E-state index in [0.717, 1.165) is 19.2 Å². The number of rotatable bonds is 6. The SMILES string of the molecule is COC(=O)c1cc(NC(=O)COc2ccccc2)cc([B-](F)(F)F)c1. The molecule has 2 rings (SSSR count). The lowest BCUT2D eigenvalue weighted by Crippen LogP contribution is -2.35. The quantitative estimate of drug-likeness (QED) is 0.641. The molecule has 0 saturated carbocycles. The maximum absolute atomic E-state index is 13.0. The van der Waals surface area contributed by atoms with Gasteiger partial charge in [0.25, 0.3) is 5.91 Å². The number of anilines is 1. The van der Waals surface area contributed by atoms with E-state index >= 15 is 0 Å². The molecule has 1 amide bonds. The van der Waals surface area contributed by atoms with Gasteiger partial charge in [-0.15, -0.1) is 5.46 Å². The summed E-state index contributed by atoms with van der Waals surface area (Å²) >= 11 is 0. The van der Waals surface area contributed by atoms with Crippen LogP contribution in [0.3, 0.4) is 0 Å². The molecule has 0 unspecified atom stereocenters. The van der Waals surface area contributed by atoms with Gasteiger partial charge in [-0.3, -0.25) is 4.79 Å². The number of carbonyl (C=O) groups excluding carboxylic acids is 2. The fraction of sp³-hybridized carbons (Fsp3) is 0.125. The number of carbonyl (C=O) groups is 2. The molecule has 2 aromatic rings. The van der Waals surface area contributed by atoms with Crippen LogP contribution in [0.4, 0.5) is 18.6 Å². The van der Waals surface area contributed by atoms with Gasteiger partial charge in [0, 0.05) is 5.69 Å². The van der Waals surface area contributed by atoms with E-state index in [1.807, 2.05) is 0 Å². The summed E-state index contributed by atoms with van der Waals surface area (Å²) in [5.41, 5.74) is -1.49. The normalized spacial score (nSPS) is 10.9. The van der Waals surface area contributed by atoms with E-state index in [2.05, 4.69) is 10.1 Å². The second kappa shape index (κ2) is 7.74. The molecule has 132 valence electrons. The summed E-state index contributed by atoms with van der Waals surface area (Å²) in [5.74, 6) is -1.15. The van der Waals surface area contributed by atoms with E-state index in [-0.39, 0.29) is 17.9 Å². The molecule has 0 spiro atoms. The minimum Gasteiger partial charge on any atom is -0.484 e. The van der Waals surface area contributed by atoms with Crippen molar-refractivity contribution in [3.8, 4) is 5.75 Å². The third-order valence-electron chi connectivity index (χ3n) is 3.15. The second-order valence-electron chi connectivity index (χ2n) is 5.06. The van der Waals surface area contributed by atoms with Crippen molar-refractivity contribution in [1.29, 1.82) is 0 Å². The standard InChI is InChI=1S/C16H14BF3NO4/c1-24-16(23)11-7-12(17(18,19)20)9-13(8-11)21-15(22)10-25-14-5-3-2-4-6-14/h2-9H,10H2,1H3,(H,21,22)/q-1. The summed E-state index contributed by atoms with van der Waals surface area (Å²) in [6, 6.07) is 11.0. The zero-order chi connectivity index (χ0) is 18.4. The van der Waals surface area contributed by atoms with E-state index in [1.165, 1.54) is 0 Å². The number of esters is 1. The Morgan fingerprint density at radius 2 is 1.76 bits per heavy atom. The maximum Gasteiger partial charge on any atom is 0.509 e. The summed E-state index contributed by atoms with van der Waals surface area (Å²) in [6.07, 6.45) is 0. The summed E-state index contributed by atoms with van der Waals surface area (Å²) in [4.78, 5) is 23.4. The van der Waals surface area contributed by atoms with Crippen LogP contribution < -0.4 is 15.5 Å². The first-order chi connectivity index (χ1) is 11.8. The zero-order valence-corrected chi connectivity index (χ0v) is 13.2. The fourth-order valence-corrected chi connectivity index (χ4v) is 2.01. The average molecular weight is 352 g/mol. The predicted molar refractivity (Wildman–Crippen MR) is 87.1 cm³/mol. The Morgan fingerprint density at radius 1 is 1.08 bits per heavy atom. The molecule has 0 radical (unpaired) electrons. The Morgan fingerprint density at radius 3 is 2.36 bits per heavy atom. The minimum atomic E-state index is -5.35. The highest BCUT2D eigenvalue weighted by molar-refractivity contribution is 6.73. The van der Waals surface area contributed by atoms with Gasteiger partial charge in [0.15, 0.2) is 6.61 Å². The molecule has 0 aliphatic rings. The molecule has 0 bridgehead atoms. The summed E-state index contributed by atoms with van der Waals surface area (Å²) in [6.45, 7) is -5.74. The highest BCUT2D eigenvalue weighted by atomic mass is 19.4. The first-order valence-electron chi connectivity index (χ1n) is 7.20. The van der Waals surface area contributed by atoms with Crippen molar-refractivity contribution in [3.63, 3.8) is 0 Å². The topological polar surface area (TPSA) is 64.6 Å². The van der Waals surface area contributed by atoms with Gasteiger partial charge < -0.3 is 27.7 Å². The fourth-order valence-electron chi connectivity index (χ4n) is 2.01. The number of hydrogen-bond acceptors (Lipinski definition) is 4. The highest BCUT2D eigenvalue weighted by Crippen LogP contribution is 2.17. The Hall–Kier alpha value is -2.97. The van der Waals surface area contributed by atoms with Crippen molar-refractivity contribution in [2.75, 3.05) is 19.0 Å². The smallest absolute Gasteiger partial charge is 0.484 e. The van der Waals surface area contributed by atoms with Gasteiger partial charge in [-0.25, -0.2) is 4.79 Å². The number of hydrogen-bond donors (Lipinski definition) is 1. The Kier molecular flexibility index (Phi) is 5.69. The van der Waals surface area contributed by atoms with Crippen molar-refractivity contribution in [2.24, 2.45) is 0 Å². The van der Waals surface area contributed by atoms with Crippen LogP contribution in [0, 0.1) is 0 Å². The van der Waals surface area contributed by atoms with Gasteiger partial charge in [0.05, 0.1) is 12.7 Å². The second-order valence-corrected chi connectivity index (χ2v) is 5.06. The Labute approximate surface area is 141 Å². The molecule has 0 heterocycles. The molecular weight excluding hydrogens is 338 g/mol. The maximum atomic E-state index is 13.0. The molecule has 1 N–H and O–H groups in total. The Balaban J connectivity index is 2.14. The number of benzene rings is 2. The molecule has 5 nitrogen and oxygen atoms in total. The number of para-hydroxylation sites is 1. The first kappa shape index (κ1) is 18.4. The minimum absolute atomic E-state index is 0.168. The van der Waals surface area contributed by atoms with E-state index in [4.69, 9.17) is 4.74 Å². The first-order valence-corrected chi connectivity index (χ1v) is 7.20. The highest BCUT2D eigenvalue weighted by Gasteiger charge is 2.27. The van der Waals surface area contributed by atoms with Gasteiger partial charge in [-0.2, -0.15) is 0 Å². The number of ether oxygens (including phenoxy) is 2. The van der Waals surface area contributed by atoms with Crippen molar-refractivity contribution in [1.82, 2.24) is 0 Å². The molecule has 0 atom stereocenters. The van der Waals surface area contributed by atoms with Gasteiger partial charge in [0.1, 0.15) is 5.75 Å². The van der Waals surface area contributed by atoms with Crippen LogP contribution >= 0.6 is 0 Å². The monoisotopic (exact) mass is 352 g/mol. The molecule has 0 fully saturated rings. The van der Waals surface area contributed by atoms with Crippen molar-refractivity contribution in [3.05, 3.63) is 54.1 Å². The van der Waals surface area contributed by atoms with E-state index in [9.17, 15) is 22.5 Å². The lowest BCUT2D eigenvalue weighted by molar-refractivity contribution is -0.118. The average Bonchev–Trinajstić information content (AvgIpc) is 2.59. The lowest BCUT2D eigenvalue weighted by Gasteiger charge is -2.18. The third kappa shape index (κ3) is 5.27. The van der Waals surface area contributed by atoms with Crippen LogP contribution in [0.1, 0.15) is 10.4 Å². The number of nitrogens with one attached hydrogen (secondary N) is 1. The van der Waals surface area contributed by atoms with Crippen LogP contribution in [0.15, 0.2) is 48.5 Å². The molecule has 9 heteroatoms. The van der Waals surface area contributed by atoms with Crippen molar-refractivity contribution < 1.29 is 32.0 Å². The molecule has 0 aliphatic heterocycles. The van der Waals surface area contributed by atoms with Crippen LogP contribution in [0.5, 0.6) is 5.75 Å². The van der Waals surface area contributed by atoms with Gasteiger partial charge in [0.2, 0.25) is 0 Å². The van der Waals surface area contributed by atoms with E-state index in [1.54, 1.807) is 30.3 Å². The van der Waals surface area contributed by atoms with Gasteiger partial charge in [-0.05, 0) is 18.2 Å². The molecule has 25 heavy (non-hydrogen) atoms. The van der Waals surface area contributed by atoms with Crippen LogP contribution in [0.25, 0.3) is 0 Å². The van der Waals surface area contributed by atoms with Crippen LogP contribution in [0.2, 0.25) is 0 Å². The summed E-state index contributed by atoms with van der Waals surface area (Å²) in [5, 5.41) is 2.28. The van der Waals surface area contributed by atoms with Crippen molar-refractivity contribution >= 4 is 30.0 Å². The number of halogens is 3. The largest absolute Gasteiger partial charge is 0.509 e. The molecule has 2 aromatic carbocycles. The summed E-state index contributed by atoms with van der Waals surface area (Å²) < 4.78 is 48.6. The van der Waals surface area contributed by atoms with Crippen LogP contribution in [-0.2, 0) is 9.53 Å². The van der Waals surface area contributed by atoms with Gasteiger partial charge in [-0.1, -0.05) is 30.3 Å². The molecule has 0 saturated heterocycles. The van der Waals surface area contributed by atoms with E-state index < -0.39 is 24.3 Å². The number of methoxy groups -OCH3 is 1. The van der Waals surface area contributed by atoms with Crippen LogP contribution in [-0.4, -0.2) is 32.6 Å². The Bertz CT molecular complexity index is 766.